The van der Waals surface area contributed by atoms with Crippen LogP contribution >= 0.6 is 0 Å². The molecule has 31 heavy (non-hydrogen) atoms. The van der Waals surface area contributed by atoms with E-state index in [-0.39, 0.29) is 37.5 Å². The van der Waals surface area contributed by atoms with Crippen LogP contribution in [0.4, 0.5) is 4.79 Å². The highest BCUT2D eigenvalue weighted by atomic mass is 16.3. The van der Waals surface area contributed by atoms with Crippen molar-refractivity contribution in [2.45, 2.75) is 33.4 Å². The first-order valence-corrected chi connectivity index (χ1v) is 10.4. The number of hydrogen-bond acceptors (Lipinski definition) is 4. The van der Waals surface area contributed by atoms with Crippen molar-refractivity contribution >= 4 is 17.8 Å². The number of nitrogens with one attached hydrogen (secondary N) is 2. The molecule has 0 spiro atoms. The van der Waals surface area contributed by atoms with Crippen LogP contribution in [0.1, 0.15) is 35.4 Å². The maximum Gasteiger partial charge on any atom is 0.322 e. The van der Waals surface area contributed by atoms with E-state index in [1.807, 2.05) is 39.0 Å². The van der Waals surface area contributed by atoms with Gasteiger partial charge in [0.2, 0.25) is 5.91 Å². The van der Waals surface area contributed by atoms with Gasteiger partial charge in [-0.3, -0.25) is 14.5 Å². The zero-order chi connectivity index (χ0) is 22.1. The predicted octanol–water partition coefficient (Wildman–Crippen LogP) is 2.40. The number of carbonyl (C=O) groups is 3. The van der Waals surface area contributed by atoms with Crippen molar-refractivity contribution < 1.29 is 18.8 Å². The first-order valence-electron chi connectivity index (χ1n) is 10.4. The van der Waals surface area contributed by atoms with Gasteiger partial charge >= 0.3 is 6.03 Å². The number of amides is 4. The summed E-state index contributed by atoms with van der Waals surface area (Å²) >= 11 is 0. The van der Waals surface area contributed by atoms with E-state index in [2.05, 4.69) is 10.6 Å². The summed E-state index contributed by atoms with van der Waals surface area (Å²) in [4.78, 5) is 41.6. The van der Waals surface area contributed by atoms with Gasteiger partial charge in [-0.15, -0.1) is 0 Å². The molecule has 8 heteroatoms. The van der Waals surface area contributed by atoms with Crippen LogP contribution in [0.15, 0.2) is 52.3 Å². The number of furan rings is 1. The van der Waals surface area contributed by atoms with E-state index in [4.69, 9.17) is 4.42 Å². The number of urea groups is 1. The van der Waals surface area contributed by atoms with Crippen LogP contribution in [-0.2, 0) is 16.1 Å². The lowest BCUT2D eigenvalue weighted by molar-refractivity contribution is -0.132. The Bertz CT molecular complexity index is 1060. The number of rotatable bonds is 6. The SMILES string of the molecule is CCN1C(=O)NC(c2ccc(C)cc2C)C2=C1CN(CC(=O)NCc1ccco1)C2=O. The highest BCUT2D eigenvalue weighted by Gasteiger charge is 2.44. The molecular formula is C23H26N4O4. The van der Waals surface area contributed by atoms with Crippen molar-refractivity contribution in [3.05, 3.63) is 70.3 Å². The molecular weight excluding hydrogens is 396 g/mol. The topological polar surface area (TPSA) is 94.9 Å². The minimum absolute atomic E-state index is 0.0854. The Morgan fingerprint density at radius 3 is 2.74 bits per heavy atom. The number of hydrogen-bond donors (Lipinski definition) is 2. The molecule has 0 radical (unpaired) electrons. The largest absolute Gasteiger partial charge is 0.467 e. The van der Waals surface area contributed by atoms with Crippen molar-refractivity contribution in [1.82, 2.24) is 20.4 Å². The molecule has 8 nitrogen and oxygen atoms in total. The van der Waals surface area contributed by atoms with E-state index >= 15 is 0 Å². The van der Waals surface area contributed by atoms with E-state index < -0.39 is 6.04 Å². The van der Waals surface area contributed by atoms with Gasteiger partial charge in [0.25, 0.3) is 5.91 Å². The molecule has 1 atom stereocenters. The van der Waals surface area contributed by atoms with E-state index in [9.17, 15) is 14.4 Å². The molecule has 0 aliphatic carbocycles. The summed E-state index contributed by atoms with van der Waals surface area (Å²) in [6, 6.07) is 8.71. The van der Waals surface area contributed by atoms with Gasteiger partial charge in [-0.2, -0.15) is 0 Å². The smallest absolute Gasteiger partial charge is 0.322 e. The van der Waals surface area contributed by atoms with E-state index in [0.29, 0.717) is 23.6 Å². The van der Waals surface area contributed by atoms with Gasteiger partial charge < -0.3 is 20.0 Å². The Morgan fingerprint density at radius 2 is 2.06 bits per heavy atom. The van der Waals surface area contributed by atoms with Crippen molar-refractivity contribution in [2.24, 2.45) is 0 Å². The second kappa shape index (κ2) is 8.29. The van der Waals surface area contributed by atoms with Crippen molar-refractivity contribution in [2.75, 3.05) is 19.6 Å². The summed E-state index contributed by atoms with van der Waals surface area (Å²) < 4.78 is 5.22. The lowest BCUT2D eigenvalue weighted by Crippen LogP contribution is -2.47. The quantitative estimate of drug-likeness (QED) is 0.747. The highest BCUT2D eigenvalue weighted by Crippen LogP contribution is 2.37. The molecule has 0 bridgehead atoms. The molecule has 162 valence electrons. The standard InChI is InChI=1S/C23H26N4O4/c1-4-27-18-12-26(13-19(28)24-11-16-6-5-9-31-16)22(29)20(18)21(25-23(27)30)17-8-7-14(2)10-15(17)3/h5-10,21H,4,11-13H2,1-3H3,(H,24,28)(H,25,30). The fourth-order valence-corrected chi connectivity index (χ4v) is 4.22. The Morgan fingerprint density at radius 1 is 1.26 bits per heavy atom. The molecule has 0 saturated heterocycles. The van der Waals surface area contributed by atoms with E-state index in [1.54, 1.807) is 23.3 Å². The molecule has 1 aromatic carbocycles. The molecule has 4 amide bonds. The summed E-state index contributed by atoms with van der Waals surface area (Å²) in [7, 11) is 0. The predicted molar refractivity (Wildman–Crippen MR) is 114 cm³/mol. The van der Waals surface area contributed by atoms with Gasteiger partial charge in [-0.05, 0) is 44.0 Å². The van der Waals surface area contributed by atoms with Crippen LogP contribution in [0, 0.1) is 13.8 Å². The molecule has 3 heterocycles. The number of benzene rings is 1. The number of aryl methyl sites for hydroxylation is 2. The lowest BCUT2D eigenvalue weighted by Gasteiger charge is -2.33. The minimum atomic E-state index is -0.533. The van der Waals surface area contributed by atoms with Crippen LogP contribution in [0.3, 0.4) is 0 Å². The maximum absolute atomic E-state index is 13.3. The number of nitrogens with zero attached hydrogens (tertiary/aromatic N) is 2. The summed E-state index contributed by atoms with van der Waals surface area (Å²) in [5.74, 6) is 0.127. The first kappa shape index (κ1) is 20.7. The van der Waals surface area contributed by atoms with E-state index in [0.717, 1.165) is 16.7 Å². The third-order valence-electron chi connectivity index (χ3n) is 5.72. The fourth-order valence-electron chi connectivity index (χ4n) is 4.22. The average molecular weight is 422 g/mol. The van der Waals surface area contributed by atoms with Crippen LogP contribution in [0.25, 0.3) is 0 Å². The molecule has 2 aliphatic rings. The normalized spacial score (nSPS) is 18.4. The van der Waals surface area contributed by atoms with Gasteiger partial charge in [0.05, 0.1) is 36.7 Å². The monoisotopic (exact) mass is 422 g/mol. The first-order chi connectivity index (χ1) is 14.9. The van der Waals surface area contributed by atoms with Gasteiger partial charge in [0, 0.05) is 6.54 Å². The van der Waals surface area contributed by atoms with Crippen LogP contribution in [0.5, 0.6) is 0 Å². The Hall–Kier alpha value is -3.55. The molecule has 2 N–H and O–H groups in total. The fraction of sp³-hybridized carbons (Fsp3) is 0.348. The summed E-state index contributed by atoms with van der Waals surface area (Å²) in [6.07, 6.45) is 1.54. The average Bonchev–Trinajstić information content (AvgIpc) is 3.35. The number of carbonyl (C=O) groups excluding carboxylic acids is 3. The van der Waals surface area contributed by atoms with Gasteiger partial charge in [-0.1, -0.05) is 23.8 Å². The van der Waals surface area contributed by atoms with Crippen LogP contribution < -0.4 is 10.6 Å². The zero-order valence-corrected chi connectivity index (χ0v) is 17.9. The zero-order valence-electron chi connectivity index (χ0n) is 17.9. The molecule has 0 saturated carbocycles. The third-order valence-corrected chi connectivity index (χ3v) is 5.72. The molecule has 0 fully saturated rings. The van der Waals surface area contributed by atoms with Crippen LogP contribution in [-0.4, -0.2) is 47.3 Å². The van der Waals surface area contributed by atoms with Crippen LogP contribution in [0.2, 0.25) is 0 Å². The second-order valence-electron chi connectivity index (χ2n) is 7.86. The summed E-state index contributed by atoms with van der Waals surface area (Å²) in [5.41, 5.74) is 4.21. The lowest BCUT2D eigenvalue weighted by atomic mass is 9.91. The summed E-state index contributed by atoms with van der Waals surface area (Å²) in [6.45, 7) is 6.68. The Kier molecular flexibility index (Phi) is 5.54. The van der Waals surface area contributed by atoms with Gasteiger partial charge in [-0.25, -0.2) is 4.79 Å². The number of likely N-dealkylation sites (N-methyl/N-ethyl adjacent to an activating group) is 1. The maximum atomic E-state index is 13.3. The van der Waals surface area contributed by atoms with Crippen molar-refractivity contribution in [1.29, 1.82) is 0 Å². The Labute approximate surface area is 180 Å². The molecule has 1 unspecified atom stereocenters. The molecule has 2 aliphatic heterocycles. The Balaban J connectivity index is 1.56. The highest BCUT2D eigenvalue weighted by molar-refractivity contribution is 6.03. The van der Waals surface area contributed by atoms with Gasteiger partial charge in [0.1, 0.15) is 12.3 Å². The van der Waals surface area contributed by atoms with Crippen molar-refractivity contribution in [3.8, 4) is 0 Å². The van der Waals surface area contributed by atoms with Crippen molar-refractivity contribution in [3.63, 3.8) is 0 Å². The third kappa shape index (κ3) is 3.93. The molecule has 1 aromatic heterocycles. The van der Waals surface area contributed by atoms with Gasteiger partial charge in [0.15, 0.2) is 0 Å². The molecule has 4 rings (SSSR count). The molecule has 2 aromatic rings. The summed E-state index contributed by atoms with van der Waals surface area (Å²) in [5, 5.41) is 5.75. The van der Waals surface area contributed by atoms with E-state index in [1.165, 1.54) is 4.90 Å². The second-order valence-corrected chi connectivity index (χ2v) is 7.86. The minimum Gasteiger partial charge on any atom is -0.467 e.